The van der Waals surface area contributed by atoms with E-state index in [1.165, 1.54) is 12.8 Å². The first-order valence-electron chi connectivity index (χ1n) is 6.33. The summed E-state index contributed by atoms with van der Waals surface area (Å²) in [6, 6.07) is 3.86. The molecule has 2 rings (SSSR count). The van der Waals surface area contributed by atoms with Gasteiger partial charge in [0.1, 0.15) is 5.76 Å². The molecule has 0 aromatic carbocycles. The van der Waals surface area contributed by atoms with E-state index < -0.39 is 0 Å². The van der Waals surface area contributed by atoms with Crippen LogP contribution in [0.2, 0.25) is 0 Å². The Hall–Kier alpha value is -1.45. The Morgan fingerprint density at radius 2 is 2.53 bits per heavy atom. The van der Waals surface area contributed by atoms with Crippen LogP contribution in [0, 0.1) is 5.92 Å². The zero-order valence-corrected chi connectivity index (χ0v) is 10.4. The van der Waals surface area contributed by atoms with Gasteiger partial charge < -0.3 is 15.1 Å². The lowest BCUT2D eigenvalue weighted by molar-refractivity contribution is 0.270. The molecule has 1 atom stereocenters. The molecule has 2 N–H and O–H groups in total. The maximum Gasteiger partial charge on any atom is 0.191 e. The molecule has 0 amide bonds. The van der Waals surface area contributed by atoms with Crippen LogP contribution in [-0.2, 0) is 6.42 Å². The van der Waals surface area contributed by atoms with E-state index in [1.54, 1.807) is 6.26 Å². The zero-order chi connectivity index (χ0) is 12.1. The third-order valence-corrected chi connectivity index (χ3v) is 3.19. The molecule has 0 spiro atoms. The average Bonchev–Trinajstić information content (AvgIpc) is 2.82. The lowest BCUT2D eigenvalue weighted by atomic mass is 10.0. The summed E-state index contributed by atoms with van der Waals surface area (Å²) in [5, 5.41) is 0. The Balaban J connectivity index is 1.80. The van der Waals surface area contributed by atoms with E-state index in [4.69, 9.17) is 10.2 Å². The molecule has 1 aliphatic rings. The maximum atomic E-state index is 6.00. The minimum Gasteiger partial charge on any atom is -0.469 e. The molecule has 2 heterocycles. The Morgan fingerprint density at radius 1 is 1.65 bits per heavy atom. The summed E-state index contributed by atoms with van der Waals surface area (Å²) >= 11 is 0. The number of aliphatic imine (C=N–C) groups is 1. The largest absolute Gasteiger partial charge is 0.469 e. The SMILES string of the molecule is CC1CCCN(C(N)=NCCc2ccco2)C1. The van der Waals surface area contributed by atoms with Gasteiger partial charge >= 0.3 is 0 Å². The van der Waals surface area contributed by atoms with E-state index in [-0.39, 0.29) is 0 Å². The van der Waals surface area contributed by atoms with Gasteiger partial charge in [-0.15, -0.1) is 0 Å². The predicted octanol–water partition coefficient (Wildman–Crippen LogP) is 1.87. The van der Waals surface area contributed by atoms with Crippen molar-refractivity contribution in [1.29, 1.82) is 0 Å². The van der Waals surface area contributed by atoms with Crippen LogP contribution >= 0.6 is 0 Å². The number of guanidine groups is 1. The molecule has 0 aliphatic carbocycles. The normalized spacial score (nSPS) is 21.8. The van der Waals surface area contributed by atoms with Crippen LogP contribution in [0.1, 0.15) is 25.5 Å². The highest BCUT2D eigenvalue weighted by atomic mass is 16.3. The van der Waals surface area contributed by atoms with E-state index in [1.807, 2.05) is 12.1 Å². The van der Waals surface area contributed by atoms with E-state index in [0.717, 1.165) is 31.2 Å². The minimum atomic E-state index is 0.683. The molecular formula is C13H21N3O. The van der Waals surface area contributed by atoms with Crippen molar-refractivity contribution in [2.45, 2.75) is 26.2 Å². The summed E-state index contributed by atoms with van der Waals surface area (Å²) in [4.78, 5) is 6.61. The average molecular weight is 235 g/mol. The van der Waals surface area contributed by atoms with Crippen molar-refractivity contribution < 1.29 is 4.42 Å². The summed E-state index contributed by atoms with van der Waals surface area (Å²) in [7, 11) is 0. The van der Waals surface area contributed by atoms with Gasteiger partial charge in [-0.3, -0.25) is 4.99 Å². The molecule has 1 aliphatic heterocycles. The number of nitrogens with zero attached hydrogens (tertiary/aromatic N) is 2. The fourth-order valence-corrected chi connectivity index (χ4v) is 2.23. The first-order valence-corrected chi connectivity index (χ1v) is 6.33. The van der Waals surface area contributed by atoms with Crippen LogP contribution in [0.15, 0.2) is 27.8 Å². The molecule has 0 saturated carbocycles. The summed E-state index contributed by atoms with van der Waals surface area (Å²) in [6.07, 6.45) is 5.03. The maximum absolute atomic E-state index is 6.00. The Morgan fingerprint density at radius 3 is 3.24 bits per heavy atom. The molecule has 94 valence electrons. The van der Waals surface area contributed by atoms with Crippen molar-refractivity contribution in [3.63, 3.8) is 0 Å². The Bertz CT molecular complexity index is 359. The monoisotopic (exact) mass is 235 g/mol. The Kier molecular flexibility index (Phi) is 4.07. The smallest absolute Gasteiger partial charge is 0.191 e. The van der Waals surface area contributed by atoms with Crippen LogP contribution in [0.25, 0.3) is 0 Å². The molecule has 1 fully saturated rings. The molecular weight excluding hydrogens is 214 g/mol. The van der Waals surface area contributed by atoms with Crippen molar-refractivity contribution in [2.75, 3.05) is 19.6 Å². The number of nitrogens with two attached hydrogens (primary N) is 1. The van der Waals surface area contributed by atoms with Crippen LogP contribution in [0.5, 0.6) is 0 Å². The van der Waals surface area contributed by atoms with E-state index in [9.17, 15) is 0 Å². The Labute approximate surface area is 102 Å². The molecule has 1 aromatic rings. The van der Waals surface area contributed by atoms with Gasteiger partial charge in [-0.1, -0.05) is 6.92 Å². The first kappa shape index (κ1) is 12.0. The molecule has 0 radical (unpaired) electrons. The second kappa shape index (κ2) is 5.75. The second-order valence-corrected chi connectivity index (χ2v) is 4.76. The molecule has 1 unspecified atom stereocenters. The van der Waals surface area contributed by atoms with E-state index in [0.29, 0.717) is 12.5 Å². The lowest BCUT2D eigenvalue weighted by Gasteiger charge is -2.31. The molecule has 0 bridgehead atoms. The number of hydrogen-bond acceptors (Lipinski definition) is 2. The predicted molar refractivity (Wildman–Crippen MR) is 68.9 cm³/mol. The zero-order valence-electron chi connectivity index (χ0n) is 10.4. The third kappa shape index (κ3) is 3.51. The van der Waals surface area contributed by atoms with Gasteiger partial charge in [-0.2, -0.15) is 0 Å². The van der Waals surface area contributed by atoms with Gasteiger partial charge in [0.2, 0.25) is 0 Å². The van der Waals surface area contributed by atoms with Gasteiger partial charge in [-0.25, -0.2) is 0 Å². The summed E-state index contributed by atoms with van der Waals surface area (Å²) < 4.78 is 5.25. The fraction of sp³-hybridized carbons (Fsp3) is 0.615. The van der Waals surface area contributed by atoms with Gasteiger partial charge in [0.25, 0.3) is 0 Å². The highest BCUT2D eigenvalue weighted by molar-refractivity contribution is 5.78. The van der Waals surface area contributed by atoms with Gasteiger partial charge in [-0.05, 0) is 30.9 Å². The second-order valence-electron chi connectivity index (χ2n) is 4.76. The van der Waals surface area contributed by atoms with Crippen LogP contribution in [0.4, 0.5) is 0 Å². The van der Waals surface area contributed by atoms with Crippen molar-refractivity contribution in [2.24, 2.45) is 16.6 Å². The first-order chi connectivity index (χ1) is 8.25. The number of rotatable bonds is 3. The molecule has 1 saturated heterocycles. The van der Waals surface area contributed by atoms with Gasteiger partial charge in [0.15, 0.2) is 5.96 Å². The van der Waals surface area contributed by atoms with Crippen molar-refractivity contribution >= 4 is 5.96 Å². The minimum absolute atomic E-state index is 0.683. The van der Waals surface area contributed by atoms with Crippen molar-refractivity contribution in [3.05, 3.63) is 24.2 Å². The number of piperidine rings is 1. The quantitative estimate of drug-likeness (QED) is 0.642. The van der Waals surface area contributed by atoms with E-state index >= 15 is 0 Å². The summed E-state index contributed by atoms with van der Waals surface area (Å²) in [5.41, 5.74) is 6.00. The summed E-state index contributed by atoms with van der Waals surface area (Å²) in [6.45, 7) is 5.04. The topological polar surface area (TPSA) is 54.8 Å². The van der Waals surface area contributed by atoms with Crippen molar-refractivity contribution in [3.8, 4) is 0 Å². The number of likely N-dealkylation sites (tertiary alicyclic amines) is 1. The van der Waals surface area contributed by atoms with Crippen molar-refractivity contribution in [1.82, 2.24) is 4.90 Å². The fourth-order valence-electron chi connectivity index (χ4n) is 2.23. The molecule has 4 nitrogen and oxygen atoms in total. The van der Waals surface area contributed by atoms with Gasteiger partial charge in [0, 0.05) is 26.1 Å². The van der Waals surface area contributed by atoms with Crippen LogP contribution in [-0.4, -0.2) is 30.5 Å². The van der Waals surface area contributed by atoms with Gasteiger partial charge in [0.05, 0.1) is 6.26 Å². The number of furan rings is 1. The lowest BCUT2D eigenvalue weighted by Crippen LogP contribution is -2.43. The summed E-state index contributed by atoms with van der Waals surface area (Å²) in [5.74, 6) is 2.37. The van der Waals surface area contributed by atoms with Crippen LogP contribution < -0.4 is 5.73 Å². The highest BCUT2D eigenvalue weighted by Gasteiger charge is 2.17. The molecule has 1 aromatic heterocycles. The highest BCUT2D eigenvalue weighted by Crippen LogP contribution is 2.14. The molecule has 4 heteroatoms. The van der Waals surface area contributed by atoms with E-state index in [2.05, 4.69) is 16.8 Å². The number of hydrogen-bond donors (Lipinski definition) is 1. The molecule has 17 heavy (non-hydrogen) atoms. The third-order valence-electron chi connectivity index (χ3n) is 3.19. The van der Waals surface area contributed by atoms with Crippen LogP contribution in [0.3, 0.4) is 0 Å². The standard InChI is InChI=1S/C13H21N3O/c1-11-4-2-8-16(10-11)13(14)15-7-6-12-5-3-9-17-12/h3,5,9,11H,2,4,6-8,10H2,1H3,(H2,14,15).